The number of rotatable bonds is 4. The van der Waals surface area contributed by atoms with Crippen LogP contribution < -0.4 is 5.32 Å². The number of carboxylic acid groups (broad SMARTS) is 1. The molecule has 1 aliphatic rings. The summed E-state index contributed by atoms with van der Waals surface area (Å²) in [5.74, 6) is -0.827. The van der Waals surface area contributed by atoms with Crippen LogP contribution in [0.15, 0.2) is 30.5 Å². The van der Waals surface area contributed by atoms with Gasteiger partial charge in [0.2, 0.25) is 0 Å². The highest BCUT2D eigenvalue weighted by Gasteiger charge is 2.26. The molecule has 0 aliphatic carbocycles. The van der Waals surface area contributed by atoms with Gasteiger partial charge in [0.15, 0.2) is 0 Å². The van der Waals surface area contributed by atoms with Crippen LogP contribution in [0.1, 0.15) is 30.0 Å². The van der Waals surface area contributed by atoms with E-state index in [1.807, 2.05) is 25.1 Å². The number of likely N-dealkylation sites (tertiary alicyclic amines) is 1. The van der Waals surface area contributed by atoms with Crippen molar-refractivity contribution in [3.8, 4) is 0 Å². The number of aliphatic carboxylic acids is 1. The van der Waals surface area contributed by atoms with Gasteiger partial charge in [-0.3, -0.25) is 9.48 Å². The van der Waals surface area contributed by atoms with Crippen LogP contribution in [0, 0.1) is 6.92 Å². The first kappa shape index (κ1) is 18.3. The van der Waals surface area contributed by atoms with Crippen molar-refractivity contribution in [1.29, 1.82) is 0 Å². The highest BCUT2D eigenvalue weighted by atomic mass is 35.5. The highest BCUT2D eigenvalue weighted by molar-refractivity contribution is 6.31. The third kappa shape index (κ3) is 4.35. The van der Waals surface area contributed by atoms with Gasteiger partial charge in [-0.2, -0.15) is 5.10 Å². The highest BCUT2D eigenvalue weighted by Crippen LogP contribution is 2.26. The number of aryl methyl sites for hydroxylation is 1. The Morgan fingerprint density at radius 1 is 1.38 bits per heavy atom. The van der Waals surface area contributed by atoms with Crippen molar-refractivity contribution < 1.29 is 14.7 Å². The molecule has 2 N–H and O–H groups in total. The first-order valence-corrected chi connectivity index (χ1v) is 8.87. The molecule has 2 amide bonds. The lowest BCUT2D eigenvalue weighted by Crippen LogP contribution is -2.41. The number of urea groups is 1. The minimum absolute atomic E-state index is 0.103. The number of anilines is 1. The topological polar surface area (TPSA) is 87.5 Å². The number of hydrogen-bond donors (Lipinski definition) is 2. The summed E-state index contributed by atoms with van der Waals surface area (Å²) in [4.78, 5) is 25.1. The van der Waals surface area contributed by atoms with Gasteiger partial charge in [0.1, 0.15) is 6.54 Å². The summed E-state index contributed by atoms with van der Waals surface area (Å²) in [5, 5.41) is 16.7. The van der Waals surface area contributed by atoms with Crippen molar-refractivity contribution in [2.75, 3.05) is 18.4 Å². The fourth-order valence-corrected chi connectivity index (χ4v) is 3.28. The number of piperidine rings is 1. The summed E-state index contributed by atoms with van der Waals surface area (Å²) < 4.78 is 1.41. The first-order chi connectivity index (χ1) is 12.4. The van der Waals surface area contributed by atoms with E-state index in [-0.39, 0.29) is 18.5 Å². The van der Waals surface area contributed by atoms with Gasteiger partial charge in [0, 0.05) is 35.9 Å². The summed E-state index contributed by atoms with van der Waals surface area (Å²) in [6, 6.07) is 7.10. The van der Waals surface area contributed by atoms with E-state index >= 15 is 0 Å². The van der Waals surface area contributed by atoms with Crippen LogP contribution >= 0.6 is 11.6 Å². The van der Waals surface area contributed by atoms with E-state index < -0.39 is 5.97 Å². The van der Waals surface area contributed by atoms with E-state index in [0.717, 1.165) is 24.1 Å². The summed E-state index contributed by atoms with van der Waals surface area (Å²) in [6.07, 6.45) is 3.46. The molecular formula is C18H21ClN4O3. The summed E-state index contributed by atoms with van der Waals surface area (Å²) in [5.41, 5.74) is 2.44. The van der Waals surface area contributed by atoms with Gasteiger partial charge in [0.25, 0.3) is 0 Å². The summed E-state index contributed by atoms with van der Waals surface area (Å²) in [6.45, 7) is 2.98. The Kier molecular flexibility index (Phi) is 5.46. The van der Waals surface area contributed by atoms with Gasteiger partial charge in [-0.25, -0.2) is 4.79 Å². The number of benzene rings is 1. The quantitative estimate of drug-likeness (QED) is 0.856. The van der Waals surface area contributed by atoms with Crippen molar-refractivity contribution in [2.45, 2.75) is 32.2 Å². The molecule has 7 nitrogen and oxygen atoms in total. The second-order valence-corrected chi connectivity index (χ2v) is 6.92. The van der Waals surface area contributed by atoms with Crippen LogP contribution in [-0.4, -0.2) is 44.9 Å². The second-order valence-electron chi connectivity index (χ2n) is 6.51. The molecule has 8 heteroatoms. The molecule has 2 heterocycles. The number of aromatic nitrogens is 2. The molecule has 1 aromatic heterocycles. The maximum atomic E-state index is 12.6. The van der Waals surface area contributed by atoms with Crippen molar-refractivity contribution in [3.63, 3.8) is 0 Å². The summed E-state index contributed by atoms with van der Waals surface area (Å²) >= 11 is 6.11. The maximum Gasteiger partial charge on any atom is 0.325 e. The Morgan fingerprint density at radius 2 is 2.19 bits per heavy atom. The number of nitrogens with one attached hydrogen (secondary N) is 1. The Bertz CT molecular complexity index is 821. The minimum Gasteiger partial charge on any atom is -0.480 e. The van der Waals surface area contributed by atoms with E-state index in [1.54, 1.807) is 17.2 Å². The molecule has 2 aromatic rings. The number of amides is 2. The molecule has 1 aromatic carbocycles. The van der Waals surface area contributed by atoms with Crippen LogP contribution in [-0.2, 0) is 11.3 Å². The molecule has 0 bridgehead atoms. The number of carbonyl (C=O) groups excluding carboxylic acids is 1. The van der Waals surface area contributed by atoms with Crippen LogP contribution in [0.3, 0.4) is 0 Å². The average Bonchev–Trinajstić information content (AvgIpc) is 3.06. The van der Waals surface area contributed by atoms with Gasteiger partial charge in [-0.15, -0.1) is 0 Å². The Morgan fingerprint density at radius 3 is 2.92 bits per heavy atom. The lowest BCUT2D eigenvalue weighted by atomic mass is 9.95. The van der Waals surface area contributed by atoms with E-state index in [2.05, 4.69) is 10.4 Å². The molecule has 138 valence electrons. The molecule has 1 aliphatic heterocycles. The summed E-state index contributed by atoms with van der Waals surface area (Å²) in [7, 11) is 0. The van der Waals surface area contributed by atoms with E-state index in [1.165, 1.54) is 4.68 Å². The number of carboxylic acids is 1. The van der Waals surface area contributed by atoms with Crippen LogP contribution in [0.25, 0.3) is 0 Å². The van der Waals surface area contributed by atoms with Crippen LogP contribution in [0.2, 0.25) is 5.02 Å². The Balaban J connectivity index is 1.63. The van der Waals surface area contributed by atoms with Gasteiger partial charge in [-0.05, 0) is 43.5 Å². The fraction of sp³-hybridized carbons (Fsp3) is 0.389. The third-order valence-electron chi connectivity index (χ3n) is 4.51. The van der Waals surface area contributed by atoms with Gasteiger partial charge in [-0.1, -0.05) is 17.7 Å². The van der Waals surface area contributed by atoms with Crippen LogP contribution in [0.5, 0.6) is 0 Å². The Hall–Kier alpha value is -2.54. The maximum absolute atomic E-state index is 12.6. The predicted octanol–water partition coefficient (Wildman–Crippen LogP) is 3.34. The zero-order chi connectivity index (χ0) is 18.7. The zero-order valence-corrected chi connectivity index (χ0v) is 15.2. The van der Waals surface area contributed by atoms with E-state index in [0.29, 0.717) is 23.8 Å². The van der Waals surface area contributed by atoms with Gasteiger partial charge >= 0.3 is 12.0 Å². The second kappa shape index (κ2) is 7.78. The van der Waals surface area contributed by atoms with Crippen molar-refractivity contribution in [2.24, 2.45) is 0 Å². The SMILES string of the molecule is Cc1ccc(NC(=O)N2CCC[C@@H](c3ccn(CC(=O)O)n3)C2)cc1Cl. The molecule has 0 radical (unpaired) electrons. The molecule has 1 fully saturated rings. The Labute approximate surface area is 156 Å². The third-order valence-corrected chi connectivity index (χ3v) is 4.92. The average molecular weight is 377 g/mol. The smallest absolute Gasteiger partial charge is 0.325 e. The van der Waals surface area contributed by atoms with Crippen molar-refractivity contribution in [1.82, 2.24) is 14.7 Å². The number of halogens is 1. The molecule has 1 atom stereocenters. The number of hydrogen-bond acceptors (Lipinski definition) is 3. The molecule has 0 spiro atoms. The van der Waals surface area contributed by atoms with E-state index in [4.69, 9.17) is 16.7 Å². The number of nitrogens with zero attached hydrogens (tertiary/aromatic N) is 3. The lowest BCUT2D eigenvalue weighted by Gasteiger charge is -2.32. The fourth-order valence-electron chi connectivity index (χ4n) is 3.10. The zero-order valence-electron chi connectivity index (χ0n) is 14.5. The van der Waals surface area contributed by atoms with Crippen molar-refractivity contribution in [3.05, 3.63) is 46.7 Å². The van der Waals surface area contributed by atoms with E-state index in [9.17, 15) is 9.59 Å². The molecular weight excluding hydrogens is 356 g/mol. The minimum atomic E-state index is -0.930. The largest absolute Gasteiger partial charge is 0.480 e. The molecule has 1 saturated heterocycles. The van der Waals surface area contributed by atoms with Crippen LogP contribution in [0.4, 0.5) is 10.5 Å². The normalized spacial score (nSPS) is 17.2. The predicted molar refractivity (Wildman–Crippen MR) is 98.6 cm³/mol. The number of carbonyl (C=O) groups is 2. The van der Waals surface area contributed by atoms with Crippen molar-refractivity contribution >= 4 is 29.3 Å². The molecule has 3 rings (SSSR count). The van der Waals surface area contributed by atoms with Gasteiger partial charge < -0.3 is 15.3 Å². The molecule has 0 saturated carbocycles. The van der Waals surface area contributed by atoms with Gasteiger partial charge in [0.05, 0.1) is 5.69 Å². The monoisotopic (exact) mass is 376 g/mol. The standard InChI is InChI=1S/C18H21ClN4O3/c1-12-4-5-14(9-15(12)19)20-18(26)22-7-2-3-13(10-22)16-6-8-23(21-16)11-17(24)25/h4-6,8-9,13H,2-3,7,10-11H2,1H3,(H,20,26)(H,24,25)/t13-/m1/s1. The molecule has 26 heavy (non-hydrogen) atoms. The lowest BCUT2D eigenvalue weighted by molar-refractivity contribution is -0.137. The molecule has 0 unspecified atom stereocenters. The first-order valence-electron chi connectivity index (χ1n) is 8.49.